The number of ether oxygens (including phenoxy) is 1. The van der Waals surface area contributed by atoms with Crippen LogP contribution in [0.2, 0.25) is 0 Å². The van der Waals surface area contributed by atoms with Gasteiger partial charge in [-0.3, -0.25) is 15.6 Å². The van der Waals surface area contributed by atoms with E-state index in [4.69, 9.17) is 4.74 Å². The number of anilines is 1. The molecular formula is C14H13BrN2O2. The zero-order chi connectivity index (χ0) is 13.7. The van der Waals surface area contributed by atoms with Crippen LogP contribution in [0.3, 0.4) is 0 Å². The Hall–Kier alpha value is -2.01. The maximum absolute atomic E-state index is 11.9. The van der Waals surface area contributed by atoms with Crippen LogP contribution in [-0.2, 0) is 0 Å². The number of para-hydroxylation sites is 2. The minimum Gasteiger partial charge on any atom is -0.495 e. The average Bonchev–Trinajstić information content (AvgIpc) is 2.45. The number of hydrazine groups is 1. The van der Waals surface area contributed by atoms with Crippen molar-refractivity contribution in [3.05, 3.63) is 58.6 Å². The standard InChI is InChI=1S/C14H13BrN2O2/c1-19-13-8-3-2-7-12(13)16-17-14(18)10-5-4-6-11(15)9-10/h2-9,16H,1H3,(H,17,18). The monoisotopic (exact) mass is 320 g/mol. The molecule has 0 atom stereocenters. The zero-order valence-corrected chi connectivity index (χ0v) is 11.9. The SMILES string of the molecule is COc1ccccc1NNC(=O)c1cccc(Br)c1. The third kappa shape index (κ3) is 3.48. The molecule has 98 valence electrons. The molecule has 0 spiro atoms. The molecule has 4 nitrogen and oxygen atoms in total. The van der Waals surface area contributed by atoms with Gasteiger partial charge in [0.05, 0.1) is 12.8 Å². The Labute approximate surface area is 119 Å². The summed E-state index contributed by atoms with van der Waals surface area (Å²) in [6.45, 7) is 0. The maximum atomic E-state index is 11.9. The molecule has 2 aromatic rings. The van der Waals surface area contributed by atoms with Gasteiger partial charge in [-0.05, 0) is 30.3 Å². The molecule has 0 bridgehead atoms. The number of amides is 1. The van der Waals surface area contributed by atoms with Crippen molar-refractivity contribution in [3.63, 3.8) is 0 Å². The Morgan fingerprint density at radius 2 is 1.95 bits per heavy atom. The van der Waals surface area contributed by atoms with Gasteiger partial charge >= 0.3 is 0 Å². The number of benzene rings is 2. The Bertz CT molecular complexity index is 587. The normalized spacial score (nSPS) is 9.79. The molecule has 1 amide bonds. The summed E-state index contributed by atoms with van der Waals surface area (Å²) in [5.74, 6) is 0.448. The van der Waals surface area contributed by atoms with Crippen LogP contribution in [0, 0.1) is 0 Å². The molecule has 2 N–H and O–H groups in total. The largest absolute Gasteiger partial charge is 0.495 e. The van der Waals surface area contributed by atoms with E-state index in [2.05, 4.69) is 26.8 Å². The molecular weight excluding hydrogens is 308 g/mol. The third-order valence-corrected chi connectivity index (χ3v) is 3.00. The van der Waals surface area contributed by atoms with Crippen molar-refractivity contribution in [3.8, 4) is 5.75 Å². The molecule has 0 radical (unpaired) electrons. The topological polar surface area (TPSA) is 50.4 Å². The second kappa shape index (κ2) is 6.24. The lowest BCUT2D eigenvalue weighted by molar-refractivity contribution is 0.0962. The first kappa shape index (κ1) is 13.4. The molecule has 19 heavy (non-hydrogen) atoms. The third-order valence-electron chi connectivity index (χ3n) is 2.50. The van der Waals surface area contributed by atoms with Crippen LogP contribution < -0.4 is 15.6 Å². The smallest absolute Gasteiger partial charge is 0.269 e. The van der Waals surface area contributed by atoms with Gasteiger partial charge in [0.15, 0.2) is 0 Å². The first-order valence-electron chi connectivity index (χ1n) is 5.65. The van der Waals surface area contributed by atoms with E-state index in [0.29, 0.717) is 17.0 Å². The summed E-state index contributed by atoms with van der Waals surface area (Å²) >= 11 is 3.33. The van der Waals surface area contributed by atoms with Gasteiger partial charge in [0.25, 0.3) is 5.91 Å². The van der Waals surface area contributed by atoms with Gasteiger partial charge in [-0.1, -0.05) is 34.1 Å². The van der Waals surface area contributed by atoms with E-state index >= 15 is 0 Å². The lowest BCUT2D eigenvalue weighted by Gasteiger charge is -2.11. The summed E-state index contributed by atoms with van der Waals surface area (Å²) in [7, 11) is 1.58. The number of nitrogens with one attached hydrogen (secondary N) is 2. The molecule has 0 aliphatic heterocycles. The van der Waals surface area contributed by atoms with Crippen LogP contribution in [0.15, 0.2) is 53.0 Å². The van der Waals surface area contributed by atoms with E-state index in [-0.39, 0.29) is 5.91 Å². The van der Waals surface area contributed by atoms with Gasteiger partial charge in [0, 0.05) is 10.0 Å². The summed E-state index contributed by atoms with van der Waals surface area (Å²) in [6.07, 6.45) is 0. The Morgan fingerprint density at radius 1 is 1.16 bits per heavy atom. The first-order valence-corrected chi connectivity index (χ1v) is 6.45. The molecule has 0 aliphatic rings. The van der Waals surface area contributed by atoms with E-state index in [0.717, 1.165) is 4.47 Å². The van der Waals surface area contributed by atoms with Crippen molar-refractivity contribution in [2.24, 2.45) is 0 Å². The van der Waals surface area contributed by atoms with Crippen molar-refractivity contribution in [2.45, 2.75) is 0 Å². The zero-order valence-electron chi connectivity index (χ0n) is 10.3. The number of carbonyl (C=O) groups is 1. The van der Waals surface area contributed by atoms with Crippen LogP contribution >= 0.6 is 15.9 Å². The lowest BCUT2D eigenvalue weighted by atomic mass is 10.2. The average molecular weight is 321 g/mol. The van der Waals surface area contributed by atoms with Crippen LogP contribution in [0.25, 0.3) is 0 Å². The minimum atomic E-state index is -0.216. The highest BCUT2D eigenvalue weighted by molar-refractivity contribution is 9.10. The van der Waals surface area contributed by atoms with Crippen LogP contribution in [0.5, 0.6) is 5.75 Å². The number of rotatable bonds is 4. The van der Waals surface area contributed by atoms with Gasteiger partial charge in [0.2, 0.25) is 0 Å². The molecule has 2 rings (SSSR count). The summed E-state index contributed by atoms with van der Waals surface area (Å²) < 4.78 is 6.04. The Morgan fingerprint density at radius 3 is 2.68 bits per heavy atom. The lowest BCUT2D eigenvalue weighted by Crippen LogP contribution is -2.29. The molecule has 0 aromatic heterocycles. The summed E-state index contributed by atoms with van der Waals surface area (Å²) in [5, 5.41) is 0. The Kier molecular flexibility index (Phi) is 4.41. The highest BCUT2D eigenvalue weighted by Gasteiger charge is 2.06. The second-order valence-electron chi connectivity index (χ2n) is 3.79. The number of hydrogen-bond acceptors (Lipinski definition) is 3. The summed E-state index contributed by atoms with van der Waals surface area (Å²) in [6, 6.07) is 14.5. The molecule has 5 heteroatoms. The molecule has 0 saturated carbocycles. The molecule has 0 saturated heterocycles. The number of halogens is 1. The fourth-order valence-corrected chi connectivity index (χ4v) is 1.97. The van der Waals surface area contributed by atoms with Gasteiger partial charge in [-0.2, -0.15) is 0 Å². The Balaban J connectivity index is 2.04. The summed E-state index contributed by atoms with van der Waals surface area (Å²) in [4.78, 5) is 11.9. The molecule has 0 aliphatic carbocycles. The van der Waals surface area contributed by atoms with E-state index in [1.54, 1.807) is 19.2 Å². The second-order valence-corrected chi connectivity index (χ2v) is 4.71. The van der Waals surface area contributed by atoms with Crippen LogP contribution in [-0.4, -0.2) is 13.0 Å². The fraction of sp³-hybridized carbons (Fsp3) is 0.0714. The van der Waals surface area contributed by atoms with Crippen LogP contribution in [0.1, 0.15) is 10.4 Å². The van der Waals surface area contributed by atoms with Gasteiger partial charge in [-0.15, -0.1) is 0 Å². The van der Waals surface area contributed by atoms with E-state index in [9.17, 15) is 4.79 Å². The van der Waals surface area contributed by atoms with E-state index in [1.807, 2.05) is 36.4 Å². The highest BCUT2D eigenvalue weighted by atomic mass is 79.9. The predicted octanol–water partition coefficient (Wildman–Crippen LogP) is 3.21. The number of methoxy groups -OCH3 is 1. The van der Waals surface area contributed by atoms with Crippen molar-refractivity contribution < 1.29 is 9.53 Å². The molecule has 2 aromatic carbocycles. The van der Waals surface area contributed by atoms with Crippen molar-refractivity contribution in [2.75, 3.05) is 12.5 Å². The van der Waals surface area contributed by atoms with Crippen molar-refractivity contribution >= 4 is 27.5 Å². The van der Waals surface area contributed by atoms with Crippen LogP contribution in [0.4, 0.5) is 5.69 Å². The molecule has 0 fully saturated rings. The molecule has 0 heterocycles. The van der Waals surface area contributed by atoms with E-state index < -0.39 is 0 Å². The maximum Gasteiger partial charge on any atom is 0.269 e. The van der Waals surface area contributed by atoms with E-state index in [1.165, 1.54) is 0 Å². The van der Waals surface area contributed by atoms with Gasteiger partial charge in [-0.25, -0.2) is 0 Å². The van der Waals surface area contributed by atoms with Gasteiger partial charge < -0.3 is 4.74 Å². The number of carbonyl (C=O) groups excluding carboxylic acids is 1. The van der Waals surface area contributed by atoms with Crippen molar-refractivity contribution in [1.29, 1.82) is 0 Å². The quantitative estimate of drug-likeness (QED) is 0.850. The number of hydrogen-bond donors (Lipinski definition) is 2. The van der Waals surface area contributed by atoms with Crippen molar-refractivity contribution in [1.82, 2.24) is 5.43 Å². The predicted molar refractivity (Wildman–Crippen MR) is 78.2 cm³/mol. The summed E-state index contributed by atoms with van der Waals surface area (Å²) in [5.41, 5.74) is 6.74. The fourth-order valence-electron chi connectivity index (χ4n) is 1.57. The molecule has 0 unspecified atom stereocenters. The first-order chi connectivity index (χ1) is 9.20. The van der Waals surface area contributed by atoms with Gasteiger partial charge in [0.1, 0.15) is 5.75 Å². The highest BCUT2D eigenvalue weighted by Crippen LogP contribution is 2.22. The minimum absolute atomic E-state index is 0.216.